The molecule has 0 radical (unpaired) electrons. The Bertz CT molecular complexity index is 1080. The van der Waals surface area contributed by atoms with Crippen molar-refractivity contribution in [2.75, 3.05) is 36.9 Å². The van der Waals surface area contributed by atoms with Crippen LogP contribution in [0.4, 0.5) is 15.9 Å². The number of hydrogen-bond donors (Lipinski definition) is 1. The Morgan fingerprint density at radius 3 is 2.62 bits per heavy atom. The van der Waals surface area contributed by atoms with E-state index in [2.05, 4.69) is 9.80 Å². The first kappa shape index (κ1) is 21.8. The van der Waals surface area contributed by atoms with Crippen LogP contribution in [0.3, 0.4) is 0 Å². The standard InChI is InChI=1S/C27H33FN4O2/c1-2-34-24-14-21(24)27(33)32-12-11-31(15-23(32)17-3-4-17)26-22(29)13-20(25(30-26)18-5-6-18)16-7-9-19(28)10-8-16/h7-10,13,17-18,21,23-24H,2-6,11-12,14-15,29H2,1H3/t21-,23+,24+/m1/s1. The Kier molecular flexibility index (Phi) is 5.47. The van der Waals surface area contributed by atoms with E-state index in [1.54, 1.807) is 12.1 Å². The van der Waals surface area contributed by atoms with Gasteiger partial charge < -0.3 is 20.3 Å². The van der Waals surface area contributed by atoms with Crippen molar-refractivity contribution in [3.8, 4) is 11.1 Å². The molecule has 2 heterocycles. The summed E-state index contributed by atoms with van der Waals surface area (Å²) < 4.78 is 19.2. The van der Waals surface area contributed by atoms with Gasteiger partial charge in [0.25, 0.3) is 0 Å². The van der Waals surface area contributed by atoms with Crippen LogP contribution in [0.1, 0.15) is 50.6 Å². The molecule has 3 aliphatic carbocycles. The maximum Gasteiger partial charge on any atom is 0.228 e. The van der Waals surface area contributed by atoms with E-state index in [0.717, 1.165) is 55.0 Å². The molecule has 4 aliphatic rings. The summed E-state index contributed by atoms with van der Waals surface area (Å²) in [6.07, 6.45) is 5.57. The quantitative estimate of drug-likeness (QED) is 0.665. The molecule has 6 nitrogen and oxygen atoms in total. The fourth-order valence-electron chi connectivity index (χ4n) is 5.52. The first-order chi connectivity index (χ1) is 16.5. The van der Waals surface area contributed by atoms with Crippen LogP contribution >= 0.6 is 0 Å². The molecular formula is C27H33FN4O2. The first-order valence-corrected chi connectivity index (χ1v) is 12.8. The van der Waals surface area contributed by atoms with Crippen molar-refractivity contribution in [2.45, 2.75) is 57.1 Å². The van der Waals surface area contributed by atoms with Crippen molar-refractivity contribution in [3.63, 3.8) is 0 Å². The van der Waals surface area contributed by atoms with Crippen molar-refractivity contribution >= 4 is 17.4 Å². The number of aromatic nitrogens is 1. The number of piperazine rings is 1. The van der Waals surface area contributed by atoms with Crippen LogP contribution in [0.2, 0.25) is 0 Å². The number of anilines is 2. The van der Waals surface area contributed by atoms with Crippen LogP contribution in [0.15, 0.2) is 30.3 Å². The summed E-state index contributed by atoms with van der Waals surface area (Å²) in [6.45, 7) is 4.86. The van der Waals surface area contributed by atoms with Gasteiger partial charge in [-0.1, -0.05) is 12.1 Å². The number of nitrogens with zero attached hydrogens (tertiary/aromatic N) is 3. The smallest absolute Gasteiger partial charge is 0.228 e. The maximum absolute atomic E-state index is 13.5. The van der Waals surface area contributed by atoms with Gasteiger partial charge in [0.2, 0.25) is 5.91 Å². The lowest BCUT2D eigenvalue weighted by Crippen LogP contribution is -2.57. The molecule has 6 rings (SSSR count). The zero-order chi connectivity index (χ0) is 23.4. The predicted molar refractivity (Wildman–Crippen MR) is 130 cm³/mol. The third-order valence-electron chi connectivity index (χ3n) is 7.78. The molecule has 1 aromatic carbocycles. The summed E-state index contributed by atoms with van der Waals surface area (Å²) in [5, 5.41) is 0. The molecule has 1 aliphatic heterocycles. The van der Waals surface area contributed by atoms with Crippen LogP contribution in [0, 0.1) is 17.7 Å². The van der Waals surface area contributed by atoms with E-state index in [0.29, 0.717) is 30.7 Å². The number of halogens is 1. The second kappa shape index (κ2) is 8.52. The minimum atomic E-state index is -0.244. The van der Waals surface area contributed by atoms with Crippen molar-refractivity contribution < 1.29 is 13.9 Å². The zero-order valence-corrected chi connectivity index (χ0v) is 19.8. The average molecular weight is 465 g/mol. The van der Waals surface area contributed by atoms with Gasteiger partial charge in [0.05, 0.1) is 29.4 Å². The fraction of sp³-hybridized carbons (Fsp3) is 0.556. The molecular weight excluding hydrogens is 431 g/mol. The van der Waals surface area contributed by atoms with Crippen LogP contribution in [0.25, 0.3) is 11.1 Å². The molecule has 0 unspecified atom stereocenters. The Hall–Kier alpha value is -2.67. The Morgan fingerprint density at radius 1 is 1.18 bits per heavy atom. The third kappa shape index (κ3) is 4.15. The van der Waals surface area contributed by atoms with E-state index in [4.69, 9.17) is 15.5 Å². The second-order valence-electron chi connectivity index (χ2n) is 10.3. The SMILES string of the molecule is CCO[C@H]1C[C@H]1C(=O)N1CCN(c2nc(C3CC3)c(-c3ccc(F)cc3)cc2N)C[C@H]1C1CC1. The first-order valence-electron chi connectivity index (χ1n) is 12.8. The van der Waals surface area contributed by atoms with Gasteiger partial charge in [-0.2, -0.15) is 0 Å². The fourth-order valence-corrected chi connectivity index (χ4v) is 5.52. The van der Waals surface area contributed by atoms with Gasteiger partial charge in [-0.3, -0.25) is 4.79 Å². The van der Waals surface area contributed by atoms with Crippen LogP contribution < -0.4 is 10.6 Å². The highest BCUT2D eigenvalue weighted by molar-refractivity contribution is 5.83. The highest BCUT2D eigenvalue weighted by Crippen LogP contribution is 2.46. The predicted octanol–water partition coefficient (Wildman–Crippen LogP) is 4.20. The minimum Gasteiger partial charge on any atom is -0.396 e. The number of carbonyl (C=O) groups is 1. The van der Waals surface area contributed by atoms with Gasteiger partial charge >= 0.3 is 0 Å². The summed E-state index contributed by atoms with van der Waals surface area (Å²) in [5.74, 6) is 1.90. The topological polar surface area (TPSA) is 71.7 Å². The van der Waals surface area contributed by atoms with Crippen molar-refractivity contribution in [1.82, 2.24) is 9.88 Å². The van der Waals surface area contributed by atoms with Crippen molar-refractivity contribution in [2.24, 2.45) is 11.8 Å². The molecule has 0 spiro atoms. The third-order valence-corrected chi connectivity index (χ3v) is 7.78. The van der Waals surface area contributed by atoms with E-state index in [-0.39, 0.29) is 29.8 Å². The molecule has 3 atom stereocenters. The molecule has 3 saturated carbocycles. The lowest BCUT2D eigenvalue weighted by molar-refractivity contribution is -0.136. The van der Waals surface area contributed by atoms with Crippen LogP contribution in [-0.2, 0) is 9.53 Å². The summed E-state index contributed by atoms with van der Waals surface area (Å²) >= 11 is 0. The molecule has 2 aromatic rings. The molecule has 1 aromatic heterocycles. The van der Waals surface area contributed by atoms with E-state index in [9.17, 15) is 9.18 Å². The number of carbonyl (C=O) groups excluding carboxylic acids is 1. The monoisotopic (exact) mass is 464 g/mol. The number of nitrogen functional groups attached to an aromatic ring is 1. The van der Waals surface area contributed by atoms with Crippen LogP contribution in [0.5, 0.6) is 0 Å². The summed E-state index contributed by atoms with van der Waals surface area (Å²) in [7, 11) is 0. The van der Waals surface area contributed by atoms with Gasteiger partial charge in [-0.05, 0) is 68.7 Å². The van der Waals surface area contributed by atoms with E-state index < -0.39 is 0 Å². The number of rotatable bonds is 7. The zero-order valence-electron chi connectivity index (χ0n) is 19.8. The van der Waals surface area contributed by atoms with Gasteiger partial charge in [0.1, 0.15) is 5.82 Å². The number of benzene rings is 1. The van der Waals surface area contributed by atoms with Crippen molar-refractivity contribution in [3.05, 3.63) is 41.8 Å². The van der Waals surface area contributed by atoms with Crippen molar-refractivity contribution in [1.29, 1.82) is 0 Å². The largest absolute Gasteiger partial charge is 0.396 e. The lowest BCUT2D eigenvalue weighted by atomic mass is 10.00. The summed E-state index contributed by atoms with van der Waals surface area (Å²) in [4.78, 5) is 22.8. The Balaban J connectivity index is 1.25. The number of nitrogens with two attached hydrogens (primary N) is 1. The highest BCUT2D eigenvalue weighted by Gasteiger charge is 2.50. The van der Waals surface area contributed by atoms with Gasteiger partial charge in [-0.15, -0.1) is 0 Å². The van der Waals surface area contributed by atoms with Gasteiger partial charge in [0, 0.05) is 37.7 Å². The number of ether oxygens (including phenoxy) is 1. The molecule has 1 amide bonds. The Labute approximate surface area is 200 Å². The maximum atomic E-state index is 13.5. The molecule has 0 bridgehead atoms. The number of amides is 1. The van der Waals surface area contributed by atoms with E-state index in [1.807, 2.05) is 13.0 Å². The molecule has 4 fully saturated rings. The van der Waals surface area contributed by atoms with Gasteiger partial charge in [0.15, 0.2) is 5.82 Å². The average Bonchev–Trinajstić information content (AvgIpc) is 3.69. The molecule has 7 heteroatoms. The Morgan fingerprint density at radius 2 is 1.94 bits per heavy atom. The molecule has 1 saturated heterocycles. The lowest BCUT2D eigenvalue weighted by Gasteiger charge is -2.43. The van der Waals surface area contributed by atoms with E-state index >= 15 is 0 Å². The van der Waals surface area contributed by atoms with Crippen LogP contribution in [-0.4, -0.2) is 54.2 Å². The normalized spacial score (nSPS) is 26.6. The summed E-state index contributed by atoms with van der Waals surface area (Å²) in [5.41, 5.74) is 10.2. The van der Waals surface area contributed by atoms with E-state index in [1.165, 1.54) is 25.0 Å². The van der Waals surface area contributed by atoms with Gasteiger partial charge in [-0.25, -0.2) is 9.37 Å². The number of hydrogen-bond acceptors (Lipinski definition) is 5. The second-order valence-corrected chi connectivity index (χ2v) is 10.3. The highest BCUT2D eigenvalue weighted by atomic mass is 19.1. The molecule has 180 valence electrons. The number of pyridine rings is 1. The summed E-state index contributed by atoms with van der Waals surface area (Å²) in [6, 6.07) is 8.82. The molecule has 34 heavy (non-hydrogen) atoms. The minimum absolute atomic E-state index is 0.0346. The molecule has 2 N–H and O–H groups in total.